The predicted molar refractivity (Wildman–Crippen MR) is 112 cm³/mol. The van der Waals surface area contributed by atoms with E-state index in [2.05, 4.69) is 9.97 Å². The molecule has 0 spiro atoms. The van der Waals surface area contributed by atoms with Crippen molar-refractivity contribution in [1.29, 1.82) is 5.26 Å². The molecule has 1 aromatic heterocycles. The lowest BCUT2D eigenvalue weighted by Crippen LogP contribution is -2.41. The highest BCUT2D eigenvalue weighted by atomic mass is 35.5. The number of carbonyl (C=O) groups is 1. The maximum atomic E-state index is 14.9. The van der Waals surface area contributed by atoms with Crippen LogP contribution in [-0.2, 0) is 4.74 Å². The van der Waals surface area contributed by atoms with Gasteiger partial charge in [0.05, 0.1) is 29.4 Å². The molecule has 1 saturated heterocycles. The van der Waals surface area contributed by atoms with Crippen molar-refractivity contribution in [2.24, 2.45) is 11.3 Å². The van der Waals surface area contributed by atoms with Crippen molar-refractivity contribution in [2.45, 2.75) is 32.8 Å². The predicted octanol–water partition coefficient (Wildman–Crippen LogP) is 4.57. The number of likely N-dealkylation sites (tertiary alicyclic amines) is 1. The maximum absolute atomic E-state index is 14.9. The molecule has 32 heavy (non-hydrogen) atoms. The van der Waals surface area contributed by atoms with Crippen LogP contribution in [0.2, 0.25) is 5.02 Å². The van der Waals surface area contributed by atoms with Crippen molar-refractivity contribution in [3.05, 3.63) is 40.9 Å². The Balaban J connectivity index is 1.38. The number of nitrogens with zero attached hydrogens (tertiary/aromatic N) is 4. The number of carbonyl (C=O) groups excluding carboxylic acids is 1. The highest BCUT2D eigenvalue weighted by molar-refractivity contribution is 6.32. The molecule has 2 unspecified atom stereocenters. The molecule has 1 amide bonds. The number of piperidine rings is 1. The van der Waals surface area contributed by atoms with E-state index in [9.17, 15) is 9.18 Å². The third-order valence-corrected chi connectivity index (χ3v) is 6.06. The van der Waals surface area contributed by atoms with Crippen LogP contribution < -0.4 is 9.47 Å². The minimum atomic E-state index is -0.834. The SMILES string of the molecule is CC(C)OC(=O)N1CCC2(COc3ncnc(Oc4ccc(C#N)cc4Cl)c3F)CC2C1. The number of aromatic nitrogens is 2. The van der Waals surface area contributed by atoms with Crippen LogP contribution in [0.4, 0.5) is 9.18 Å². The van der Waals surface area contributed by atoms with E-state index in [4.69, 9.17) is 31.1 Å². The summed E-state index contributed by atoms with van der Waals surface area (Å²) in [5, 5.41) is 9.08. The summed E-state index contributed by atoms with van der Waals surface area (Å²) >= 11 is 6.09. The highest BCUT2D eigenvalue weighted by Gasteiger charge is 2.58. The van der Waals surface area contributed by atoms with E-state index in [1.54, 1.807) is 4.90 Å². The summed E-state index contributed by atoms with van der Waals surface area (Å²) in [6, 6.07) is 6.36. The van der Waals surface area contributed by atoms with Gasteiger partial charge in [-0.05, 0) is 50.8 Å². The molecule has 0 N–H and O–H groups in total. The van der Waals surface area contributed by atoms with Crippen LogP contribution in [-0.4, -0.2) is 46.8 Å². The largest absolute Gasteiger partial charge is 0.475 e. The Kier molecular flexibility index (Phi) is 6.07. The minimum absolute atomic E-state index is 0.0938. The Hall–Kier alpha value is -3.12. The Morgan fingerprint density at radius 2 is 2.19 bits per heavy atom. The van der Waals surface area contributed by atoms with E-state index in [1.807, 2.05) is 19.9 Å². The van der Waals surface area contributed by atoms with E-state index in [0.29, 0.717) is 18.7 Å². The van der Waals surface area contributed by atoms with Crippen LogP contribution in [0.25, 0.3) is 0 Å². The van der Waals surface area contributed by atoms with Crippen molar-refractivity contribution in [1.82, 2.24) is 14.9 Å². The van der Waals surface area contributed by atoms with Crippen molar-refractivity contribution in [3.8, 4) is 23.6 Å². The number of hydrogen-bond donors (Lipinski definition) is 0. The molecular formula is C22H22ClFN4O4. The van der Waals surface area contributed by atoms with Crippen molar-refractivity contribution in [3.63, 3.8) is 0 Å². The molecule has 2 fully saturated rings. The Bertz CT molecular complexity index is 1080. The smallest absolute Gasteiger partial charge is 0.410 e. The third kappa shape index (κ3) is 4.55. The molecule has 2 aromatic rings. The summed E-state index contributed by atoms with van der Waals surface area (Å²) in [4.78, 5) is 21.5. The number of halogens is 2. The van der Waals surface area contributed by atoms with Gasteiger partial charge in [-0.3, -0.25) is 0 Å². The summed E-state index contributed by atoms with van der Waals surface area (Å²) in [7, 11) is 0. The number of rotatable bonds is 6. The first-order valence-corrected chi connectivity index (χ1v) is 10.7. The zero-order valence-corrected chi connectivity index (χ0v) is 18.4. The monoisotopic (exact) mass is 460 g/mol. The van der Waals surface area contributed by atoms with E-state index in [-0.39, 0.29) is 52.7 Å². The lowest BCUT2D eigenvalue weighted by Gasteiger charge is -2.31. The van der Waals surface area contributed by atoms with E-state index < -0.39 is 5.82 Å². The van der Waals surface area contributed by atoms with E-state index in [1.165, 1.54) is 18.2 Å². The number of ether oxygens (including phenoxy) is 3. The zero-order chi connectivity index (χ0) is 22.9. The second-order valence-corrected chi connectivity index (χ2v) is 8.74. The molecule has 2 heterocycles. The van der Waals surface area contributed by atoms with Gasteiger partial charge in [0.15, 0.2) is 0 Å². The molecule has 1 saturated carbocycles. The van der Waals surface area contributed by atoms with Crippen LogP contribution in [0.5, 0.6) is 17.5 Å². The van der Waals surface area contributed by atoms with Crippen LogP contribution >= 0.6 is 11.6 Å². The lowest BCUT2D eigenvalue weighted by molar-refractivity contribution is 0.0584. The van der Waals surface area contributed by atoms with Gasteiger partial charge in [0.25, 0.3) is 11.8 Å². The fourth-order valence-electron chi connectivity index (χ4n) is 3.88. The van der Waals surface area contributed by atoms with Gasteiger partial charge in [-0.1, -0.05) is 11.6 Å². The summed E-state index contributed by atoms with van der Waals surface area (Å²) < 4.78 is 31.3. The summed E-state index contributed by atoms with van der Waals surface area (Å²) in [6.45, 7) is 5.10. The molecule has 168 valence electrons. The van der Waals surface area contributed by atoms with Crippen molar-refractivity contribution in [2.75, 3.05) is 19.7 Å². The molecular weight excluding hydrogens is 439 g/mol. The van der Waals surface area contributed by atoms with E-state index in [0.717, 1.165) is 19.2 Å². The highest BCUT2D eigenvalue weighted by Crippen LogP contribution is 2.58. The Morgan fingerprint density at radius 3 is 2.88 bits per heavy atom. The summed E-state index contributed by atoms with van der Waals surface area (Å²) in [5.74, 6) is -0.914. The fourth-order valence-corrected chi connectivity index (χ4v) is 4.10. The molecule has 8 nitrogen and oxygen atoms in total. The molecule has 2 atom stereocenters. The van der Waals surface area contributed by atoms with Crippen LogP contribution in [0.3, 0.4) is 0 Å². The third-order valence-electron chi connectivity index (χ3n) is 5.76. The quantitative estimate of drug-likeness (QED) is 0.622. The molecule has 0 radical (unpaired) electrons. The average Bonchev–Trinajstić information content (AvgIpc) is 3.49. The first-order valence-electron chi connectivity index (χ1n) is 10.3. The topological polar surface area (TPSA) is 97.6 Å². The molecule has 0 bridgehead atoms. The number of nitriles is 1. The molecule has 1 aliphatic carbocycles. The van der Waals surface area contributed by atoms with Gasteiger partial charge in [-0.25, -0.2) is 4.79 Å². The van der Waals surface area contributed by atoms with E-state index >= 15 is 0 Å². The first-order chi connectivity index (χ1) is 15.3. The summed E-state index contributed by atoms with van der Waals surface area (Å²) in [5.41, 5.74) is 0.264. The fraction of sp³-hybridized carbons (Fsp3) is 0.455. The lowest BCUT2D eigenvalue weighted by atomic mass is 9.96. The standard InChI is InChI=1S/C22H22ClFN4O4/c1-13(2)31-21(29)28-6-5-22(8-15(22)10-28)11-30-19-18(24)20(27-12-26-19)32-17-4-3-14(9-25)7-16(17)23/h3-4,7,12-13,15H,5-6,8,10-11H2,1-2H3. The van der Waals surface area contributed by atoms with Gasteiger partial charge >= 0.3 is 6.09 Å². The first kappa shape index (κ1) is 22.1. The van der Waals surface area contributed by atoms with Gasteiger partial charge in [0.2, 0.25) is 5.82 Å². The van der Waals surface area contributed by atoms with Gasteiger partial charge in [-0.2, -0.15) is 19.6 Å². The zero-order valence-electron chi connectivity index (χ0n) is 17.7. The van der Waals surface area contributed by atoms with Crippen molar-refractivity contribution >= 4 is 17.7 Å². The summed E-state index contributed by atoms with van der Waals surface area (Å²) in [6.07, 6.45) is 2.34. The molecule has 10 heteroatoms. The van der Waals surface area contributed by atoms with Gasteiger partial charge in [0, 0.05) is 18.5 Å². The number of hydrogen-bond acceptors (Lipinski definition) is 7. The normalized spacial score (nSPS) is 21.5. The molecule has 1 aromatic carbocycles. The number of benzene rings is 1. The Morgan fingerprint density at radius 1 is 1.41 bits per heavy atom. The minimum Gasteiger partial charge on any atom is -0.475 e. The number of fused-ring (bicyclic) bond motifs is 1. The maximum Gasteiger partial charge on any atom is 0.410 e. The van der Waals surface area contributed by atoms with Gasteiger partial charge in [-0.15, -0.1) is 0 Å². The van der Waals surface area contributed by atoms with Crippen LogP contribution in [0.15, 0.2) is 24.5 Å². The van der Waals surface area contributed by atoms with Gasteiger partial charge in [0.1, 0.15) is 12.1 Å². The average molecular weight is 461 g/mol. The molecule has 1 aliphatic heterocycles. The second-order valence-electron chi connectivity index (χ2n) is 8.34. The number of amides is 1. The van der Waals surface area contributed by atoms with Gasteiger partial charge < -0.3 is 19.1 Å². The molecule has 2 aliphatic rings. The molecule has 4 rings (SSSR count). The van der Waals surface area contributed by atoms with Crippen LogP contribution in [0, 0.1) is 28.5 Å². The Labute approximate surface area is 189 Å². The van der Waals surface area contributed by atoms with Crippen molar-refractivity contribution < 1.29 is 23.4 Å². The van der Waals surface area contributed by atoms with Crippen LogP contribution in [0.1, 0.15) is 32.3 Å². The second kappa shape index (κ2) is 8.79.